The van der Waals surface area contributed by atoms with E-state index >= 15 is 0 Å². The Kier molecular flexibility index (Phi) is 2.22. The number of nitrogens with zero attached hydrogens (tertiary/aromatic N) is 1. The van der Waals surface area contributed by atoms with Gasteiger partial charge in [0.2, 0.25) is 0 Å². The van der Waals surface area contributed by atoms with Gasteiger partial charge in [-0.15, -0.1) is 0 Å². The zero-order valence-corrected chi connectivity index (χ0v) is 6.17. The van der Waals surface area contributed by atoms with Gasteiger partial charge in [-0.1, -0.05) is 0 Å². The van der Waals surface area contributed by atoms with Gasteiger partial charge < -0.3 is 5.11 Å². The Balaban J connectivity index is 3.14. The molecule has 6 heteroatoms. The summed E-state index contributed by atoms with van der Waals surface area (Å²) in [5.74, 6) is -7.46. The van der Waals surface area contributed by atoms with Crippen molar-refractivity contribution >= 4 is 5.97 Å². The van der Waals surface area contributed by atoms with Crippen LogP contribution in [-0.4, -0.2) is 16.1 Å². The van der Waals surface area contributed by atoms with Gasteiger partial charge in [0.15, 0.2) is 0 Å². The van der Waals surface area contributed by atoms with E-state index in [1.165, 1.54) is 0 Å². The third-order valence-electron chi connectivity index (χ3n) is 1.31. The number of hydrogen-bond donors (Lipinski definition) is 1. The monoisotopic (exact) mass is 191 g/mol. The number of pyridine rings is 1. The molecule has 0 saturated heterocycles. The van der Waals surface area contributed by atoms with Crippen LogP contribution in [0.25, 0.3) is 0 Å². The zero-order valence-electron chi connectivity index (χ0n) is 6.17. The van der Waals surface area contributed by atoms with E-state index in [1.54, 1.807) is 0 Å². The highest BCUT2D eigenvalue weighted by molar-refractivity contribution is 5.76. The molecule has 0 aliphatic rings. The molecule has 0 fully saturated rings. The fourth-order valence-electron chi connectivity index (χ4n) is 0.686. The summed E-state index contributed by atoms with van der Waals surface area (Å²) in [6, 6.07) is 1.23. The second-order valence-electron chi connectivity index (χ2n) is 2.24. The number of hydrogen-bond acceptors (Lipinski definition) is 2. The third kappa shape index (κ3) is 1.77. The Morgan fingerprint density at radius 3 is 2.62 bits per heavy atom. The van der Waals surface area contributed by atoms with E-state index in [0.717, 1.165) is 12.3 Å². The Bertz CT molecular complexity index is 340. The van der Waals surface area contributed by atoms with Crippen molar-refractivity contribution < 1.29 is 23.1 Å². The van der Waals surface area contributed by atoms with E-state index in [-0.39, 0.29) is 0 Å². The van der Waals surface area contributed by atoms with Gasteiger partial charge in [-0.25, -0.2) is 9.18 Å². The lowest BCUT2D eigenvalue weighted by molar-refractivity contribution is -0.166. The highest BCUT2D eigenvalue weighted by atomic mass is 19.3. The Morgan fingerprint density at radius 2 is 2.15 bits per heavy atom. The largest absolute Gasteiger partial charge is 0.476 e. The van der Waals surface area contributed by atoms with Crippen LogP contribution in [-0.2, 0) is 10.7 Å². The molecule has 0 radical (unpaired) electrons. The maximum Gasteiger partial charge on any atom is 0.384 e. The summed E-state index contributed by atoms with van der Waals surface area (Å²) in [4.78, 5) is 13.1. The minimum absolute atomic E-state index is 0.383. The molecule has 0 atom stereocenters. The van der Waals surface area contributed by atoms with Gasteiger partial charge in [-0.05, 0) is 6.07 Å². The number of halogens is 3. The summed E-state index contributed by atoms with van der Waals surface area (Å²) >= 11 is 0. The molecule has 0 unspecified atom stereocenters. The molecule has 0 amide bonds. The van der Waals surface area contributed by atoms with E-state index in [2.05, 4.69) is 4.98 Å². The fraction of sp³-hybridized carbons (Fsp3) is 0.143. The van der Waals surface area contributed by atoms with Crippen molar-refractivity contribution in [3.63, 3.8) is 0 Å². The molecule has 3 nitrogen and oxygen atoms in total. The van der Waals surface area contributed by atoms with Gasteiger partial charge >= 0.3 is 11.9 Å². The van der Waals surface area contributed by atoms with Crippen LogP contribution in [0.15, 0.2) is 18.3 Å². The van der Waals surface area contributed by atoms with Crippen molar-refractivity contribution in [1.29, 1.82) is 0 Å². The van der Waals surface area contributed by atoms with Crippen LogP contribution in [0.1, 0.15) is 5.69 Å². The first-order chi connectivity index (χ1) is 5.94. The molecule has 0 bridgehead atoms. The predicted octanol–water partition coefficient (Wildman–Crippen LogP) is 1.40. The highest BCUT2D eigenvalue weighted by Crippen LogP contribution is 2.26. The molecule has 70 valence electrons. The Labute approximate surface area is 70.8 Å². The van der Waals surface area contributed by atoms with Crippen molar-refractivity contribution in [3.05, 3.63) is 29.8 Å². The van der Waals surface area contributed by atoms with E-state index in [4.69, 9.17) is 5.11 Å². The normalized spacial score (nSPS) is 11.3. The summed E-state index contributed by atoms with van der Waals surface area (Å²) in [6.07, 6.45) is 0.779. The molecule has 0 aliphatic heterocycles. The summed E-state index contributed by atoms with van der Waals surface area (Å²) in [7, 11) is 0. The average molecular weight is 191 g/mol. The fourth-order valence-corrected chi connectivity index (χ4v) is 0.686. The van der Waals surface area contributed by atoms with Crippen LogP contribution < -0.4 is 0 Å². The summed E-state index contributed by atoms with van der Waals surface area (Å²) in [5, 5.41) is 8.07. The van der Waals surface area contributed by atoms with Gasteiger partial charge in [-0.2, -0.15) is 8.78 Å². The van der Waals surface area contributed by atoms with Gasteiger partial charge in [0.25, 0.3) is 0 Å². The molecule has 0 aliphatic carbocycles. The average Bonchev–Trinajstić information content (AvgIpc) is 2.04. The second-order valence-corrected chi connectivity index (χ2v) is 2.24. The number of aromatic nitrogens is 1. The molecule has 13 heavy (non-hydrogen) atoms. The first-order valence-corrected chi connectivity index (χ1v) is 3.18. The second kappa shape index (κ2) is 3.04. The first-order valence-electron chi connectivity index (χ1n) is 3.18. The van der Waals surface area contributed by atoms with E-state index < -0.39 is 23.4 Å². The van der Waals surface area contributed by atoms with Crippen LogP contribution in [0.5, 0.6) is 0 Å². The highest BCUT2D eigenvalue weighted by Gasteiger charge is 2.42. The van der Waals surface area contributed by atoms with Gasteiger partial charge in [0.1, 0.15) is 11.5 Å². The van der Waals surface area contributed by atoms with Crippen LogP contribution in [0.3, 0.4) is 0 Å². The van der Waals surface area contributed by atoms with E-state index in [9.17, 15) is 18.0 Å². The van der Waals surface area contributed by atoms with Gasteiger partial charge in [-0.3, -0.25) is 4.98 Å². The molecule has 1 heterocycles. The minimum Gasteiger partial charge on any atom is -0.476 e. The molecular weight excluding hydrogens is 187 g/mol. The number of alkyl halides is 2. The Morgan fingerprint density at radius 1 is 1.54 bits per heavy atom. The third-order valence-corrected chi connectivity index (χ3v) is 1.31. The SMILES string of the molecule is O=C(O)C(F)(F)c1cc(F)ccn1. The quantitative estimate of drug-likeness (QED) is 0.768. The number of aliphatic carboxylic acids is 1. The van der Waals surface area contributed by atoms with Gasteiger partial charge in [0.05, 0.1) is 0 Å². The molecular formula is C7H4F3NO2. The smallest absolute Gasteiger partial charge is 0.384 e. The van der Waals surface area contributed by atoms with Crippen molar-refractivity contribution in [3.8, 4) is 0 Å². The van der Waals surface area contributed by atoms with Gasteiger partial charge in [0, 0.05) is 12.3 Å². The lowest BCUT2D eigenvalue weighted by Crippen LogP contribution is -2.26. The van der Waals surface area contributed by atoms with Crippen LogP contribution in [0.2, 0.25) is 0 Å². The summed E-state index contributed by atoms with van der Waals surface area (Å²) < 4.78 is 37.7. The molecule has 1 N–H and O–H groups in total. The molecule has 0 saturated carbocycles. The first kappa shape index (κ1) is 9.50. The number of carboxylic acids is 1. The van der Waals surface area contributed by atoms with E-state index in [1.807, 2.05) is 0 Å². The number of carbonyl (C=O) groups is 1. The van der Waals surface area contributed by atoms with Crippen molar-refractivity contribution in [1.82, 2.24) is 4.98 Å². The topological polar surface area (TPSA) is 50.2 Å². The molecule has 0 aromatic carbocycles. The van der Waals surface area contributed by atoms with Crippen molar-refractivity contribution in [2.24, 2.45) is 0 Å². The Hall–Kier alpha value is -1.59. The molecule has 1 rings (SSSR count). The minimum atomic E-state index is -4.15. The zero-order chi connectivity index (χ0) is 10.1. The summed E-state index contributed by atoms with van der Waals surface area (Å²) in [5.41, 5.74) is -1.11. The standard InChI is InChI=1S/C7H4F3NO2/c8-4-1-2-11-5(3-4)7(9,10)6(12)13/h1-3H,(H,12,13). The molecule has 0 spiro atoms. The number of carboxylic acid groups (broad SMARTS) is 1. The lowest BCUT2D eigenvalue weighted by atomic mass is 10.2. The maximum absolute atomic E-state index is 12.6. The maximum atomic E-state index is 12.6. The van der Waals surface area contributed by atoms with Crippen LogP contribution >= 0.6 is 0 Å². The van der Waals surface area contributed by atoms with Crippen LogP contribution in [0.4, 0.5) is 13.2 Å². The van der Waals surface area contributed by atoms with Crippen molar-refractivity contribution in [2.75, 3.05) is 0 Å². The van der Waals surface area contributed by atoms with Crippen LogP contribution in [0, 0.1) is 5.82 Å². The molecule has 1 aromatic heterocycles. The number of rotatable bonds is 2. The lowest BCUT2D eigenvalue weighted by Gasteiger charge is -2.09. The molecule has 1 aromatic rings. The van der Waals surface area contributed by atoms with E-state index in [0.29, 0.717) is 6.07 Å². The van der Waals surface area contributed by atoms with Crippen molar-refractivity contribution in [2.45, 2.75) is 5.92 Å². The summed E-state index contributed by atoms with van der Waals surface area (Å²) in [6.45, 7) is 0. The predicted molar refractivity (Wildman–Crippen MR) is 35.7 cm³/mol.